The van der Waals surface area contributed by atoms with Crippen molar-refractivity contribution in [2.45, 2.75) is 32.5 Å². The molecular weight excluding hydrogens is 368 g/mol. The van der Waals surface area contributed by atoms with Crippen molar-refractivity contribution in [2.24, 2.45) is 0 Å². The monoisotopic (exact) mass is 400 g/mol. The lowest BCUT2D eigenvalue weighted by atomic mass is 10.1. The van der Waals surface area contributed by atoms with E-state index in [2.05, 4.69) is 78.3 Å². The highest BCUT2D eigenvalue weighted by molar-refractivity contribution is 7.16. The molecule has 2 aliphatic rings. The molecule has 5 nitrogen and oxygen atoms in total. The third-order valence-electron chi connectivity index (χ3n) is 5.87. The van der Waals surface area contributed by atoms with E-state index in [0.717, 1.165) is 39.3 Å². The Kier molecular flexibility index (Phi) is 5.92. The van der Waals surface area contributed by atoms with Crippen LogP contribution in [0.4, 0.5) is 16.4 Å². The molecule has 6 heteroatoms. The number of hydrogen-bond acceptors (Lipinski definition) is 6. The minimum Gasteiger partial charge on any atom is -0.380 e. The summed E-state index contributed by atoms with van der Waals surface area (Å²) >= 11 is 1.86. The molecule has 1 aromatic carbocycles. The predicted octanol–water partition coefficient (Wildman–Crippen LogP) is 4.29. The molecule has 1 fully saturated rings. The maximum absolute atomic E-state index is 5.92. The first-order chi connectivity index (χ1) is 13.6. The van der Waals surface area contributed by atoms with Crippen LogP contribution in [0.25, 0.3) is 0 Å². The molecule has 2 atom stereocenters. The average Bonchev–Trinajstić information content (AvgIpc) is 2.99. The molecule has 0 bridgehead atoms. The van der Waals surface area contributed by atoms with Crippen molar-refractivity contribution < 1.29 is 4.74 Å². The minimum absolute atomic E-state index is 0.235. The van der Waals surface area contributed by atoms with Gasteiger partial charge in [-0.3, -0.25) is 9.80 Å². The molecule has 0 saturated carbocycles. The summed E-state index contributed by atoms with van der Waals surface area (Å²) in [4.78, 5) is 8.88. The quantitative estimate of drug-likeness (QED) is 0.757. The molecule has 1 saturated heterocycles. The van der Waals surface area contributed by atoms with Crippen molar-refractivity contribution in [3.63, 3.8) is 0 Å². The van der Waals surface area contributed by atoms with Gasteiger partial charge in [0, 0.05) is 49.8 Å². The molecule has 3 heterocycles. The fraction of sp³-hybridized carbons (Fsp3) is 0.545. The van der Waals surface area contributed by atoms with E-state index in [0.29, 0.717) is 6.04 Å². The van der Waals surface area contributed by atoms with E-state index in [1.165, 1.54) is 26.8 Å². The Labute approximate surface area is 172 Å². The van der Waals surface area contributed by atoms with Crippen molar-refractivity contribution in [3.05, 3.63) is 40.8 Å². The maximum atomic E-state index is 5.92. The molecule has 0 amide bonds. The van der Waals surface area contributed by atoms with Gasteiger partial charge in [-0.05, 0) is 38.6 Å². The number of piperazine rings is 1. The third-order valence-corrected chi connectivity index (χ3v) is 6.86. The largest absolute Gasteiger partial charge is 0.380 e. The SMILES string of the molecule is CCCOC[C@H]1CN(C2c3cc(C)sc3Nc3ccccc3N2C)CCN1C. The highest BCUT2D eigenvalue weighted by Gasteiger charge is 2.36. The van der Waals surface area contributed by atoms with Crippen molar-refractivity contribution in [2.75, 3.05) is 57.2 Å². The average molecular weight is 401 g/mol. The van der Waals surface area contributed by atoms with Crippen LogP contribution in [0.1, 0.15) is 30.0 Å². The van der Waals surface area contributed by atoms with Crippen LogP contribution in [0.5, 0.6) is 0 Å². The van der Waals surface area contributed by atoms with Gasteiger partial charge in [0.1, 0.15) is 6.17 Å². The normalized spacial score (nSPS) is 23.1. The Hall–Kier alpha value is -1.60. The summed E-state index contributed by atoms with van der Waals surface area (Å²) in [6.45, 7) is 9.17. The number of nitrogens with one attached hydrogen (secondary N) is 1. The first-order valence-corrected chi connectivity index (χ1v) is 11.1. The summed E-state index contributed by atoms with van der Waals surface area (Å²) in [5.74, 6) is 0. The van der Waals surface area contributed by atoms with Gasteiger partial charge in [-0.25, -0.2) is 0 Å². The molecule has 0 radical (unpaired) electrons. The zero-order valence-electron chi connectivity index (χ0n) is 17.4. The van der Waals surface area contributed by atoms with Gasteiger partial charge in [0.05, 0.1) is 23.0 Å². The molecule has 2 aromatic rings. The Morgan fingerprint density at radius 1 is 1.21 bits per heavy atom. The van der Waals surface area contributed by atoms with E-state index in [1.54, 1.807) is 0 Å². The second-order valence-electron chi connectivity index (χ2n) is 7.97. The number of likely N-dealkylation sites (N-methyl/N-ethyl adjacent to an activating group) is 1. The lowest BCUT2D eigenvalue weighted by molar-refractivity contribution is 0.00818. The zero-order chi connectivity index (χ0) is 19.7. The smallest absolute Gasteiger partial charge is 0.111 e. The van der Waals surface area contributed by atoms with Crippen LogP contribution in [-0.4, -0.2) is 62.8 Å². The van der Waals surface area contributed by atoms with Crippen molar-refractivity contribution in [3.8, 4) is 0 Å². The number of rotatable bonds is 5. The Bertz CT molecular complexity index is 808. The number of fused-ring (bicyclic) bond motifs is 2. The molecule has 0 spiro atoms. The van der Waals surface area contributed by atoms with Crippen LogP contribution in [0.15, 0.2) is 30.3 Å². The van der Waals surface area contributed by atoms with Gasteiger partial charge in [-0.2, -0.15) is 0 Å². The van der Waals surface area contributed by atoms with Gasteiger partial charge in [0.25, 0.3) is 0 Å². The standard InChI is InChI=1S/C22H32N4OS/c1-5-12-27-15-17-14-26(11-10-24(17)3)22-18-13-16(2)28-21(18)23-19-8-6-7-9-20(19)25(22)4/h6-9,13,17,22-23H,5,10-12,14-15H2,1-4H3/t17-,22?/m1/s1. The second kappa shape index (κ2) is 8.41. The van der Waals surface area contributed by atoms with Crippen LogP contribution in [0.3, 0.4) is 0 Å². The van der Waals surface area contributed by atoms with Crippen molar-refractivity contribution >= 4 is 27.7 Å². The van der Waals surface area contributed by atoms with E-state index < -0.39 is 0 Å². The summed E-state index contributed by atoms with van der Waals surface area (Å²) in [7, 11) is 4.46. The lowest BCUT2D eigenvalue weighted by Gasteiger charge is -2.45. The predicted molar refractivity (Wildman–Crippen MR) is 119 cm³/mol. The molecule has 4 rings (SSSR count). The van der Waals surface area contributed by atoms with Crippen LogP contribution >= 0.6 is 11.3 Å². The van der Waals surface area contributed by atoms with E-state index in [1.807, 2.05) is 11.3 Å². The van der Waals surface area contributed by atoms with Gasteiger partial charge in [0.2, 0.25) is 0 Å². The van der Waals surface area contributed by atoms with E-state index in [-0.39, 0.29) is 6.17 Å². The molecule has 1 N–H and O–H groups in total. The molecular formula is C22H32N4OS. The van der Waals surface area contributed by atoms with E-state index in [4.69, 9.17) is 4.74 Å². The number of hydrogen-bond donors (Lipinski definition) is 1. The molecule has 1 unspecified atom stereocenters. The summed E-state index contributed by atoms with van der Waals surface area (Å²) in [6, 6.07) is 11.4. The third kappa shape index (κ3) is 3.79. The summed E-state index contributed by atoms with van der Waals surface area (Å²) in [5.41, 5.74) is 3.83. The number of benzene rings is 1. The molecule has 28 heavy (non-hydrogen) atoms. The topological polar surface area (TPSA) is 31.0 Å². The second-order valence-corrected chi connectivity index (χ2v) is 9.23. The highest BCUT2D eigenvalue weighted by Crippen LogP contribution is 2.45. The fourth-order valence-electron chi connectivity index (χ4n) is 4.35. The number of para-hydroxylation sites is 2. The lowest BCUT2D eigenvalue weighted by Crippen LogP contribution is -2.56. The molecule has 0 aliphatic carbocycles. The fourth-order valence-corrected chi connectivity index (χ4v) is 5.30. The first-order valence-electron chi connectivity index (χ1n) is 10.3. The van der Waals surface area contributed by atoms with Crippen molar-refractivity contribution in [1.29, 1.82) is 0 Å². The Balaban J connectivity index is 1.65. The maximum Gasteiger partial charge on any atom is 0.111 e. The Morgan fingerprint density at radius 2 is 2.04 bits per heavy atom. The number of anilines is 3. The highest BCUT2D eigenvalue weighted by atomic mass is 32.1. The Morgan fingerprint density at radius 3 is 2.86 bits per heavy atom. The van der Waals surface area contributed by atoms with Gasteiger partial charge in [-0.1, -0.05) is 19.1 Å². The van der Waals surface area contributed by atoms with Crippen LogP contribution in [-0.2, 0) is 4.74 Å². The van der Waals surface area contributed by atoms with E-state index >= 15 is 0 Å². The summed E-state index contributed by atoms with van der Waals surface area (Å²) < 4.78 is 5.92. The number of ether oxygens (including phenoxy) is 1. The molecule has 1 aromatic heterocycles. The summed E-state index contributed by atoms with van der Waals surface area (Å²) in [5, 5.41) is 4.98. The van der Waals surface area contributed by atoms with E-state index in [9.17, 15) is 0 Å². The molecule has 152 valence electrons. The van der Waals surface area contributed by atoms with Gasteiger partial charge < -0.3 is 15.0 Å². The van der Waals surface area contributed by atoms with Gasteiger partial charge in [-0.15, -0.1) is 11.3 Å². The van der Waals surface area contributed by atoms with Gasteiger partial charge >= 0.3 is 0 Å². The van der Waals surface area contributed by atoms with Crippen LogP contribution in [0.2, 0.25) is 0 Å². The number of aryl methyl sites for hydroxylation is 1. The number of nitrogens with zero attached hydrogens (tertiary/aromatic N) is 3. The van der Waals surface area contributed by atoms with Crippen LogP contribution < -0.4 is 10.2 Å². The zero-order valence-corrected chi connectivity index (χ0v) is 18.3. The molecule has 2 aliphatic heterocycles. The minimum atomic E-state index is 0.235. The summed E-state index contributed by atoms with van der Waals surface area (Å²) in [6.07, 6.45) is 1.31. The number of thiophene rings is 1. The van der Waals surface area contributed by atoms with Gasteiger partial charge in [0.15, 0.2) is 0 Å². The first kappa shape index (κ1) is 19.7. The van der Waals surface area contributed by atoms with Crippen LogP contribution in [0, 0.1) is 6.92 Å². The van der Waals surface area contributed by atoms with Crippen molar-refractivity contribution in [1.82, 2.24) is 9.80 Å².